The first kappa shape index (κ1) is 20.5. The third-order valence-electron chi connectivity index (χ3n) is 4.12. The molecule has 0 aliphatic carbocycles. The number of nitrogens with zero attached hydrogens (tertiary/aromatic N) is 6. The highest BCUT2D eigenvalue weighted by Gasteiger charge is 2.37. The normalized spacial score (nSPS) is 12.5. The minimum Gasteiger partial charge on any atom is -0.364 e. The Bertz CT molecular complexity index is 1210. The highest BCUT2D eigenvalue weighted by molar-refractivity contribution is 14.2. The molecular weight excluding hydrogens is 539 g/mol. The van der Waals surface area contributed by atoms with Gasteiger partial charge in [0, 0.05) is 11.6 Å². The Morgan fingerprint density at radius 2 is 2.00 bits per heavy atom. The molecule has 4 aromatic rings. The molecule has 150 valence electrons. The van der Waals surface area contributed by atoms with Crippen LogP contribution in [0, 0.1) is 6.92 Å². The minimum atomic E-state index is -4.61. The van der Waals surface area contributed by atoms with Crippen molar-refractivity contribution in [2.45, 2.75) is 18.3 Å². The van der Waals surface area contributed by atoms with E-state index in [1.165, 1.54) is 6.26 Å². The predicted molar refractivity (Wildman–Crippen MR) is 113 cm³/mol. The largest absolute Gasteiger partial charge is 0.420 e. The van der Waals surface area contributed by atoms with Gasteiger partial charge in [-0.1, -0.05) is 16.9 Å². The van der Waals surface area contributed by atoms with Crippen molar-refractivity contribution in [3.05, 3.63) is 35.9 Å². The van der Waals surface area contributed by atoms with Crippen LogP contribution >= 0.6 is 40.2 Å². The van der Waals surface area contributed by atoms with Crippen LogP contribution in [0.1, 0.15) is 11.3 Å². The standard InChI is InChI=1S/C16H11F3IN6OPS/c1-7-9(6-27-25-7)11-4-3-8-12(24-26(28-20)14(8)22-11)13-10(16(17,18)19)5-21-15(23-13)29-2/h3-6,28H,1-2H3. The Balaban J connectivity index is 1.98. The van der Waals surface area contributed by atoms with Crippen LogP contribution < -0.4 is 0 Å². The Morgan fingerprint density at radius 1 is 1.21 bits per heavy atom. The van der Waals surface area contributed by atoms with E-state index in [1.54, 1.807) is 29.8 Å². The predicted octanol–water partition coefficient (Wildman–Crippen LogP) is 5.38. The summed E-state index contributed by atoms with van der Waals surface area (Å²) in [6, 6.07) is 3.40. The number of aryl methyl sites for hydroxylation is 1. The van der Waals surface area contributed by atoms with E-state index in [-0.39, 0.29) is 22.9 Å². The molecule has 4 aromatic heterocycles. The lowest BCUT2D eigenvalue weighted by Gasteiger charge is -2.11. The third kappa shape index (κ3) is 3.73. The van der Waals surface area contributed by atoms with E-state index in [9.17, 15) is 13.2 Å². The van der Waals surface area contributed by atoms with Crippen molar-refractivity contribution in [2.75, 3.05) is 6.26 Å². The summed E-state index contributed by atoms with van der Waals surface area (Å²) in [6.45, 7) is 1.79. The lowest BCUT2D eigenvalue weighted by atomic mass is 10.1. The first-order valence-corrected chi connectivity index (χ1v) is 13.3. The van der Waals surface area contributed by atoms with Gasteiger partial charge in [0.05, 0.1) is 23.3 Å². The van der Waals surface area contributed by atoms with Gasteiger partial charge in [-0.05, 0) is 47.4 Å². The van der Waals surface area contributed by atoms with Gasteiger partial charge in [0.15, 0.2) is 10.8 Å². The summed E-state index contributed by atoms with van der Waals surface area (Å²) in [5.74, 6) is 0. The molecule has 0 aliphatic rings. The molecule has 0 bridgehead atoms. The fourth-order valence-corrected chi connectivity index (χ4v) is 4.51. The Hall–Kier alpha value is -1.79. The molecule has 13 heteroatoms. The zero-order valence-corrected chi connectivity index (χ0v) is 18.8. The van der Waals surface area contributed by atoms with Gasteiger partial charge in [0.1, 0.15) is 23.2 Å². The van der Waals surface area contributed by atoms with Gasteiger partial charge >= 0.3 is 6.18 Å². The van der Waals surface area contributed by atoms with Crippen molar-refractivity contribution in [1.29, 1.82) is 0 Å². The molecule has 0 N–H and O–H groups in total. The molecule has 0 radical (unpaired) electrons. The van der Waals surface area contributed by atoms with Gasteiger partial charge in [0.2, 0.25) is 0 Å². The quantitative estimate of drug-likeness (QED) is 0.146. The van der Waals surface area contributed by atoms with Crippen LogP contribution in [0.15, 0.2) is 34.3 Å². The zero-order valence-electron chi connectivity index (χ0n) is 14.8. The highest BCUT2D eigenvalue weighted by Crippen LogP contribution is 2.40. The first-order chi connectivity index (χ1) is 13.8. The third-order valence-corrected chi connectivity index (χ3v) is 6.52. The number of fused-ring (bicyclic) bond motifs is 1. The Labute approximate surface area is 181 Å². The fourth-order valence-electron chi connectivity index (χ4n) is 2.77. The molecule has 7 nitrogen and oxygen atoms in total. The van der Waals surface area contributed by atoms with E-state index >= 15 is 0 Å². The van der Waals surface area contributed by atoms with Gasteiger partial charge in [-0.2, -0.15) is 18.3 Å². The molecule has 0 fully saturated rings. The Morgan fingerprint density at radius 3 is 2.62 bits per heavy atom. The van der Waals surface area contributed by atoms with Crippen molar-refractivity contribution < 1.29 is 17.7 Å². The molecule has 0 aromatic carbocycles. The zero-order chi connectivity index (χ0) is 20.8. The van der Waals surface area contributed by atoms with Gasteiger partial charge in [-0.25, -0.2) is 19.4 Å². The minimum absolute atomic E-state index is 0.121. The maximum atomic E-state index is 13.6. The summed E-state index contributed by atoms with van der Waals surface area (Å²) in [6.07, 6.45) is -0.497. The number of alkyl halides is 3. The van der Waals surface area contributed by atoms with Gasteiger partial charge < -0.3 is 4.52 Å². The van der Waals surface area contributed by atoms with Gasteiger partial charge in [-0.15, -0.1) is 0 Å². The monoisotopic (exact) mass is 550 g/mol. The molecular formula is C16H11F3IN6OPS. The highest BCUT2D eigenvalue weighted by atomic mass is 127. The molecule has 0 saturated heterocycles. The molecule has 0 amide bonds. The average Bonchev–Trinajstić information content (AvgIpc) is 3.29. The second-order valence-electron chi connectivity index (χ2n) is 5.84. The number of aromatic nitrogens is 6. The lowest BCUT2D eigenvalue weighted by Crippen LogP contribution is -2.10. The van der Waals surface area contributed by atoms with Crippen LogP contribution in [0.5, 0.6) is 0 Å². The molecule has 1 unspecified atom stereocenters. The van der Waals surface area contributed by atoms with Crippen molar-refractivity contribution in [3.63, 3.8) is 0 Å². The summed E-state index contributed by atoms with van der Waals surface area (Å²) in [7, 11) is 0. The van der Waals surface area contributed by atoms with Gasteiger partial charge in [0.25, 0.3) is 0 Å². The summed E-state index contributed by atoms with van der Waals surface area (Å²) in [5.41, 5.74) is 1.37. The van der Waals surface area contributed by atoms with E-state index in [4.69, 9.17) is 4.52 Å². The molecule has 0 saturated carbocycles. The van der Waals surface area contributed by atoms with E-state index < -0.39 is 11.7 Å². The number of pyridine rings is 1. The van der Waals surface area contributed by atoms with Gasteiger partial charge in [-0.3, -0.25) is 0 Å². The topological polar surface area (TPSA) is 82.5 Å². The van der Waals surface area contributed by atoms with Crippen LogP contribution in [0.25, 0.3) is 33.7 Å². The van der Waals surface area contributed by atoms with Crippen molar-refractivity contribution in [2.24, 2.45) is 0 Å². The number of thioether (sulfide) groups is 1. The summed E-state index contributed by atoms with van der Waals surface area (Å²) in [4.78, 5) is 12.5. The Kier molecular flexibility index (Phi) is 5.51. The number of hydrogen-bond donors (Lipinski definition) is 0. The lowest BCUT2D eigenvalue weighted by molar-refractivity contribution is -0.137. The summed E-state index contributed by atoms with van der Waals surface area (Å²) < 4.78 is 47.3. The molecule has 0 spiro atoms. The van der Waals surface area contributed by atoms with Crippen molar-refractivity contribution >= 4 is 51.2 Å². The smallest absolute Gasteiger partial charge is 0.364 e. The van der Waals surface area contributed by atoms with Crippen molar-refractivity contribution in [3.8, 4) is 22.6 Å². The second-order valence-corrected chi connectivity index (χ2v) is 8.66. The first-order valence-electron chi connectivity index (χ1n) is 8.00. The van der Waals surface area contributed by atoms with Crippen LogP contribution in [-0.4, -0.2) is 35.9 Å². The molecule has 29 heavy (non-hydrogen) atoms. The van der Waals surface area contributed by atoms with Crippen LogP contribution in [0.3, 0.4) is 0 Å². The van der Waals surface area contributed by atoms with E-state index in [2.05, 4.69) is 47.2 Å². The van der Waals surface area contributed by atoms with Crippen molar-refractivity contribution in [1.82, 2.24) is 29.7 Å². The van der Waals surface area contributed by atoms with E-state index in [0.29, 0.717) is 28.0 Å². The second kappa shape index (κ2) is 7.80. The van der Waals surface area contributed by atoms with E-state index in [0.717, 1.165) is 18.0 Å². The summed E-state index contributed by atoms with van der Waals surface area (Å²) in [5, 5.41) is 8.95. The van der Waals surface area contributed by atoms with Crippen LogP contribution in [0.4, 0.5) is 13.2 Å². The summed E-state index contributed by atoms with van der Waals surface area (Å²) >= 11 is 3.26. The van der Waals surface area contributed by atoms with E-state index in [1.807, 2.05) is 0 Å². The molecule has 0 aliphatic heterocycles. The number of rotatable bonds is 4. The van der Waals surface area contributed by atoms with Crippen LogP contribution in [0.2, 0.25) is 0 Å². The average molecular weight is 550 g/mol. The molecule has 4 heterocycles. The fraction of sp³-hybridized carbons (Fsp3) is 0.188. The molecule has 1 atom stereocenters. The van der Waals surface area contributed by atoms with Crippen LogP contribution in [-0.2, 0) is 6.18 Å². The number of hydrogen-bond acceptors (Lipinski definition) is 7. The SMILES string of the molecule is CSc1ncc(C(F)(F)F)c(-c2nn(PI)c3nc(-c4conc4C)ccc23)n1. The maximum Gasteiger partial charge on any atom is 0.420 e. The maximum absolute atomic E-state index is 13.6. The molecule has 4 rings (SSSR count). The number of halogens is 4.